The number of piperidine rings is 1. The van der Waals surface area contributed by atoms with E-state index in [1.165, 1.54) is 16.9 Å². The molecular weight excluding hydrogens is 296 g/mol. The molecule has 2 atom stereocenters. The number of amides is 1. The SMILES string of the molecule is C[C@@H]1CCN(C(=O)c2csc(Cc3ccccc3)n2)C[C@@H]1O. The van der Waals surface area contributed by atoms with Crippen LogP contribution in [0.25, 0.3) is 0 Å². The second kappa shape index (κ2) is 6.58. The van der Waals surface area contributed by atoms with E-state index in [2.05, 4.69) is 17.1 Å². The lowest BCUT2D eigenvalue weighted by molar-refractivity contribution is 0.0245. The Morgan fingerprint density at radius 2 is 2.18 bits per heavy atom. The van der Waals surface area contributed by atoms with Gasteiger partial charge in [0.2, 0.25) is 0 Å². The summed E-state index contributed by atoms with van der Waals surface area (Å²) in [5, 5.41) is 12.7. The summed E-state index contributed by atoms with van der Waals surface area (Å²) in [6, 6.07) is 10.1. The van der Waals surface area contributed by atoms with E-state index in [1.54, 1.807) is 4.90 Å². The largest absolute Gasteiger partial charge is 0.391 e. The number of aliphatic hydroxyl groups excluding tert-OH is 1. The van der Waals surface area contributed by atoms with Gasteiger partial charge in [0.1, 0.15) is 5.69 Å². The molecule has 1 amide bonds. The van der Waals surface area contributed by atoms with Crippen molar-refractivity contribution in [1.29, 1.82) is 0 Å². The lowest BCUT2D eigenvalue weighted by atomic mass is 9.96. The fourth-order valence-electron chi connectivity index (χ4n) is 2.66. The average Bonchev–Trinajstić information content (AvgIpc) is 2.99. The van der Waals surface area contributed by atoms with Gasteiger partial charge in [0.25, 0.3) is 5.91 Å². The maximum absolute atomic E-state index is 12.5. The molecule has 0 bridgehead atoms. The quantitative estimate of drug-likeness (QED) is 0.947. The Morgan fingerprint density at radius 1 is 1.41 bits per heavy atom. The fourth-order valence-corrected chi connectivity index (χ4v) is 3.46. The smallest absolute Gasteiger partial charge is 0.273 e. The number of likely N-dealkylation sites (tertiary alicyclic amines) is 1. The molecule has 1 aliphatic heterocycles. The third-order valence-electron chi connectivity index (χ3n) is 4.17. The van der Waals surface area contributed by atoms with Gasteiger partial charge < -0.3 is 10.0 Å². The minimum atomic E-state index is -0.430. The molecule has 5 heteroatoms. The molecule has 0 aliphatic carbocycles. The van der Waals surface area contributed by atoms with Gasteiger partial charge in [-0.15, -0.1) is 11.3 Å². The van der Waals surface area contributed by atoms with Crippen LogP contribution in [0.1, 0.15) is 34.4 Å². The van der Waals surface area contributed by atoms with E-state index < -0.39 is 6.10 Å². The van der Waals surface area contributed by atoms with E-state index in [0.29, 0.717) is 18.8 Å². The lowest BCUT2D eigenvalue weighted by Crippen LogP contribution is -2.45. The number of carbonyl (C=O) groups excluding carboxylic acids is 1. The van der Waals surface area contributed by atoms with E-state index in [1.807, 2.05) is 30.5 Å². The normalized spacial score (nSPS) is 21.8. The van der Waals surface area contributed by atoms with Gasteiger partial charge in [-0.2, -0.15) is 0 Å². The van der Waals surface area contributed by atoms with Gasteiger partial charge >= 0.3 is 0 Å². The number of hydrogen-bond acceptors (Lipinski definition) is 4. The van der Waals surface area contributed by atoms with E-state index in [0.717, 1.165) is 17.8 Å². The van der Waals surface area contributed by atoms with Gasteiger partial charge in [-0.3, -0.25) is 4.79 Å². The molecule has 1 aliphatic rings. The molecule has 116 valence electrons. The van der Waals surface area contributed by atoms with E-state index in [4.69, 9.17) is 0 Å². The maximum atomic E-state index is 12.5. The molecule has 0 spiro atoms. The van der Waals surface area contributed by atoms with Crippen LogP contribution in [-0.4, -0.2) is 40.1 Å². The number of hydrogen-bond donors (Lipinski definition) is 1. The molecule has 22 heavy (non-hydrogen) atoms. The predicted octanol–water partition coefficient (Wildman–Crippen LogP) is 2.58. The minimum absolute atomic E-state index is 0.0680. The van der Waals surface area contributed by atoms with E-state index in [-0.39, 0.29) is 11.8 Å². The molecule has 2 aromatic rings. The third kappa shape index (κ3) is 3.36. The van der Waals surface area contributed by atoms with Gasteiger partial charge in [0.15, 0.2) is 0 Å². The highest BCUT2D eigenvalue weighted by molar-refractivity contribution is 7.09. The van der Waals surface area contributed by atoms with Crippen LogP contribution in [0.15, 0.2) is 35.7 Å². The monoisotopic (exact) mass is 316 g/mol. The van der Waals surface area contributed by atoms with Crippen molar-refractivity contribution in [2.24, 2.45) is 5.92 Å². The van der Waals surface area contributed by atoms with Gasteiger partial charge in [-0.25, -0.2) is 4.98 Å². The number of thiazole rings is 1. The molecule has 0 radical (unpaired) electrons. The Morgan fingerprint density at radius 3 is 2.91 bits per heavy atom. The first-order chi connectivity index (χ1) is 10.6. The standard InChI is InChI=1S/C17H20N2O2S/c1-12-7-8-19(10-15(12)20)17(21)14-11-22-16(18-14)9-13-5-3-2-4-6-13/h2-6,11-12,15,20H,7-10H2,1H3/t12-,15+/m1/s1. The van der Waals surface area contributed by atoms with Crippen molar-refractivity contribution >= 4 is 17.2 Å². The molecule has 1 aromatic heterocycles. The molecular formula is C17H20N2O2S. The van der Waals surface area contributed by atoms with Crippen molar-refractivity contribution in [2.75, 3.05) is 13.1 Å². The molecule has 2 heterocycles. The molecule has 1 N–H and O–H groups in total. The summed E-state index contributed by atoms with van der Waals surface area (Å²) in [5.74, 6) is 0.189. The molecule has 0 saturated carbocycles. The van der Waals surface area contributed by atoms with E-state index in [9.17, 15) is 9.90 Å². The zero-order chi connectivity index (χ0) is 15.5. The number of nitrogens with zero attached hydrogens (tertiary/aromatic N) is 2. The van der Waals surface area contributed by atoms with Crippen LogP contribution in [0, 0.1) is 5.92 Å². The highest BCUT2D eigenvalue weighted by atomic mass is 32.1. The third-order valence-corrected chi connectivity index (χ3v) is 5.02. The lowest BCUT2D eigenvalue weighted by Gasteiger charge is -2.33. The molecule has 4 nitrogen and oxygen atoms in total. The van der Waals surface area contributed by atoms with Gasteiger partial charge in [0.05, 0.1) is 11.1 Å². The van der Waals surface area contributed by atoms with Crippen LogP contribution in [0.4, 0.5) is 0 Å². The summed E-state index contributed by atoms with van der Waals surface area (Å²) in [4.78, 5) is 18.7. The molecule has 1 saturated heterocycles. The van der Waals surface area contributed by atoms with Gasteiger partial charge in [-0.1, -0.05) is 37.3 Å². The summed E-state index contributed by atoms with van der Waals surface area (Å²) >= 11 is 1.52. The molecule has 3 rings (SSSR count). The van der Waals surface area contributed by atoms with Crippen LogP contribution in [-0.2, 0) is 6.42 Å². The molecule has 0 unspecified atom stereocenters. The zero-order valence-corrected chi connectivity index (χ0v) is 13.4. The van der Waals surface area contributed by atoms with Crippen molar-refractivity contribution in [1.82, 2.24) is 9.88 Å². The summed E-state index contributed by atoms with van der Waals surface area (Å²) < 4.78 is 0. The van der Waals surface area contributed by atoms with Crippen LogP contribution in [0.5, 0.6) is 0 Å². The number of aliphatic hydroxyl groups is 1. The fraction of sp³-hybridized carbons (Fsp3) is 0.412. The number of β-amino-alcohol motifs (C(OH)–C–C–N with tert-alkyl or cyclic N) is 1. The van der Waals surface area contributed by atoms with E-state index >= 15 is 0 Å². The highest BCUT2D eigenvalue weighted by Crippen LogP contribution is 2.21. The van der Waals surface area contributed by atoms with Crippen molar-refractivity contribution in [3.63, 3.8) is 0 Å². The first kappa shape index (κ1) is 15.2. The maximum Gasteiger partial charge on any atom is 0.273 e. The minimum Gasteiger partial charge on any atom is -0.391 e. The summed E-state index contributed by atoms with van der Waals surface area (Å²) in [7, 11) is 0. The Hall–Kier alpha value is -1.72. The summed E-state index contributed by atoms with van der Waals surface area (Å²) in [6.07, 6.45) is 1.16. The predicted molar refractivity (Wildman–Crippen MR) is 87.1 cm³/mol. The Labute approximate surface area is 134 Å². The van der Waals surface area contributed by atoms with Crippen molar-refractivity contribution in [3.05, 3.63) is 52.0 Å². The van der Waals surface area contributed by atoms with Gasteiger partial charge in [0, 0.05) is 24.9 Å². The number of carbonyl (C=O) groups is 1. The Balaban J connectivity index is 1.67. The van der Waals surface area contributed by atoms with Crippen LogP contribution in [0.2, 0.25) is 0 Å². The summed E-state index contributed by atoms with van der Waals surface area (Å²) in [6.45, 7) is 3.13. The Bertz CT molecular complexity index is 641. The number of benzene rings is 1. The second-order valence-corrected chi connectivity index (χ2v) is 6.82. The first-order valence-electron chi connectivity index (χ1n) is 7.59. The highest BCUT2D eigenvalue weighted by Gasteiger charge is 2.28. The second-order valence-electron chi connectivity index (χ2n) is 5.87. The zero-order valence-electron chi connectivity index (χ0n) is 12.6. The topological polar surface area (TPSA) is 53.4 Å². The van der Waals surface area contributed by atoms with Crippen molar-refractivity contribution in [2.45, 2.75) is 25.9 Å². The van der Waals surface area contributed by atoms with Crippen molar-refractivity contribution in [3.8, 4) is 0 Å². The molecule has 1 aromatic carbocycles. The molecule has 1 fully saturated rings. The van der Waals surface area contributed by atoms with Crippen molar-refractivity contribution < 1.29 is 9.90 Å². The first-order valence-corrected chi connectivity index (χ1v) is 8.47. The summed E-state index contributed by atoms with van der Waals surface area (Å²) in [5.41, 5.74) is 1.69. The number of rotatable bonds is 3. The van der Waals surface area contributed by atoms with Crippen LogP contribution >= 0.6 is 11.3 Å². The Kier molecular flexibility index (Phi) is 4.55. The average molecular weight is 316 g/mol. The number of aromatic nitrogens is 1. The van der Waals surface area contributed by atoms with Gasteiger partial charge in [-0.05, 0) is 17.9 Å². The van der Waals surface area contributed by atoms with Crippen LogP contribution < -0.4 is 0 Å². The van der Waals surface area contributed by atoms with Crippen LogP contribution in [0.3, 0.4) is 0 Å².